The van der Waals surface area contributed by atoms with E-state index in [1.807, 2.05) is 6.92 Å². The van der Waals surface area contributed by atoms with Crippen LogP contribution in [0.4, 0.5) is 0 Å². The summed E-state index contributed by atoms with van der Waals surface area (Å²) in [5.74, 6) is 2.16. The van der Waals surface area contributed by atoms with Gasteiger partial charge in [-0.3, -0.25) is 0 Å². The summed E-state index contributed by atoms with van der Waals surface area (Å²) in [7, 11) is 0. The van der Waals surface area contributed by atoms with Crippen molar-refractivity contribution in [3.8, 4) is 0 Å². The minimum Gasteiger partial charge on any atom is -0.381 e. The van der Waals surface area contributed by atoms with E-state index in [1.54, 1.807) is 0 Å². The maximum absolute atomic E-state index is 10.9. The second kappa shape index (κ2) is 22.8. The molecule has 36 heavy (non-hydrogen) atoms. The SMILES string of the molecule is CCCCCCCC(CCC)COCC(C)CCC(CCCC)COC(C)(O)CCC(CC)C(C)C. The van der Waals surface area contributed by atoms with Gasteiger partial charge in [-0.2, -0.15) is 0 Å². The van der Waals surface area contributed by atoms with E-state index in [9.17, 15) is 5.11 Å². The Kier molecular flexibility index (Phi) is 22.8. The third-order valence-electron chi connectivity index (χ3n) is 8.28. The lowest BCUT2D eigenvalue weighted by molar-refractivity contribution is -0.204. The van der Waals surface area contributed by atoms with E-state index in [0.29, 0.717) is 30.3 Å². The first kappa shape index (κ1) is 35.9. The molecule has 5 unspecified atom stereocenters. The molecule has 0 bridgehead atoms. The molecule has 0 aliphatic heterocycles. The van der Waals surface area contributed by atoms with E-state index in [0.717, 1.165) is 32.0 Å². The Labute approximate surface area is 227 Å². The van der Waals surface area contributed by atoms with Crippen molar-refractivity contribution < 1.29 is 14.6 Å². The Balaban J connectivity index is 4.40. The number of unbranched alkanes of at least 4 members (excludes halogenated alkanes) is 5. The maximum atomic E-state index is 10.9. The summed E-state index contributed by atoms with van der Waals surface area (Å²) < 4.78 is 12.4. The van der Waals surface area contributed by atoms with Crippen molar-refractivity contribution in [1.29, 1.82) is 0 Å². The minimum atomic E-state index is -1.01. The second-order valence-electron chi connectivity index (χ2n) is 12.5. The van der Waals surface area contributed by atoms with Crippen LogP contribution in [0, 0.1) is 29.6 Å². The molecule has 0 radical (unpaired) electrons. The Morgan fingerprint density at radius 3 is 1.89 bits per heavy atom. The smallest absolute Gasteiger partial charge is 0.162 e. The van der Waals surface area contributed by atoms with E-state index >= 15 is 0 Å². The predicted molar refractivity (Wildman–Crippen MR) is 158 cm³/mol. The molecular weight excluding hydrogens is 444 g/mol. The average Bonchev–Trinajstić information content (AvgIpc) is 2.83. The quantitative estimate of drug-likeness (QED) is 0.0925. The molecule has 0 aliphatic carbocycles. The molecule has 0 heterocycles. The fourth-order valence-corrected chi connectivity index (χ4v) is 5.43. The maximum Gasteiger partial charge on any atom is 0.162 e. The first-order valence-electron chi connectivity index (χ1n) is 16.1. The second-order valence-corrected chi connectivity index (χ2v) is 12.5. The lowest BCUT2D eigenvalue weighted by atomic mass is 9.87. The van der Waals surface area contributed by atoms with Crippen LogP contribution in [0.5, 0.6) is 0 Å². The van der Waals surface area contributed by atoms with Gasteiger partial charge in [0.2, 0.25) is 0 Å². The molecule has 1 N–H and O–H groups in total. The zero-order valence-corrected chi connectivity index (χ0v) is 26.1. The summed E-state index contributed by atoms with van der Waals surface area (Å²) in [4.78, 5) is 0. The lowest BCUT2D eigenvalue weighted by Gasteiger charge is -2.29. The van der Waals surface area contributed by atoms with Gasteiger partial charge in [0.15, 0.2) is 5.79 Å². The molecule has 218 valence electrons. The van der Waals surface area contributed by atoms with E-state index < -0.39 is 5.79 Å². The van der Waals surface area contributed by atoms with Crippen molar-refractivity contribution in [3.05, 3.63) is 0 Å². The highest BCUT2D eigenvalue weighted by Crippen LogP contribution is 2.27. The molecular formula is C33H68O3. The Morgan fingerprint density at radius 2 is 1.28 bits per heavy atom. The van der Waals surface area contributed by atoms with Gasteiger partial charge in [-0.1, -0.05) is 106 Å². The highest BCUT2D eigenvalue weighted by Gasteiger charge is 2.25. The molecule has 0 aliphatic rings. The van der Waals surface area contributed by atoms with Crippen LogP contribution in [0.3, 0.4) is 0 Å². The summed E-state index contributed by atoms with van der Waals surface area (Å²) in [6.07, 6.45) is 19.7. The van der Waals surface area contributed by atoms with Crippen molar-refractivity contribution in [1.82, 2.24) is 0 Å². The van der Waals surface area contributed by atoms with E-state index in [1.165, 1.54) is 89.9 Å². The highest BCUT2D eigenvalue weighted by molar-refractivity contribution is 4.70. The molecule has 3 nitrogen and oxygen atoms in total. The van der Waals surface area contributed by atoms with Crippen molar-refractivity contribution in [2.75, 3.05) is 19.8 Å². The van der Waals surface area contributed by atoms with E-state index in [2.05, 4.69) is 48.5 Å². The molecule has 0 rings (SSSR count). The molecule has 0 spiro atoms. The van der Waals surface area contributed by atoms with Gasteiger partial charge in [-0.15, -0.1) is 0 Å². The normalized spacial score (nSPS) is 17.2. The van der Waals surface area contributed by atoms with Gasteiger partial charge in [-0.25, -0.2) is 0 Å². The molecule has 0 saturated carbocycles. The number of rotatable bonds is 26. The van der Waals surface area contributed by atoms with Crippen LogP contribution in [0.2, 0.25) is 0 Å². The first-order valence-corrected chi connectivity index (χ1v) is 16.1. The summed E-state index contributed by atoms with van der Waals surface area (Å²) in [6, 6.07) is 0. The van der Waals surface area contributed by atoms with E-state index in [4.69, 9.17) is 9.47 Å². The monoisotopic (exact) mass is 513 g/mol. The summed E-state index contributed by atoms with van der Waals surface area (Å²) >= 11 is 0. The van der Waals surface area contributed by atoms with Gasteiger partial charge in [0.25, 0.3) is 0 Å². The Bertz CT molecular complexity index is 462. The van der Waals surface area contributed by atoms with Gasteiger partial charge in [0.1, 0.15) is 0 Å². The van der Waals surface area contributed by atoms with Crippen LogP contribution in [-0.4, -0.2) is 30.7 Å². The molecule has 0 fully saturated rings. The number of aliphatic hydroxyl groups is 1. The highest BCUT2D eigenvalue weighted by atomic mass is 16.6. The van der Waals surface area contributed by atoms with Gasteiger partial charge in [-0.05, 0) is 75.0 Å². The third-order valence-corrected chi connectivity index (χ3v) is 8.28. The summed E-state index contributed by atoms with van der Waals surface area (Å²) in [5, 5.41) is 10.9. The van der Waals surface area contributed by atoms with Crippen molar-refractivity contribution in [3.63, 3.8) is 0 Å². The molecule has 0 amide bonds. The molecule has 0 saturated heterocycles. The predicted octanol–water partition coefficient (Wildman–Crippen LogP) is 10.2. The molecule has 0 aromatic rings. The van der Waals surface area contributed by atoms with Gasteiger partial charge in [0, 0.05) is 19.6 Å². The number of hydrogen-bond acceptors (Lipinski definition) is 3. The fraction of sp³-hybridized carbons (Fsp3) is 1.00. The number of hydrogen-bond donors (Lipinski definition) is 1. The zero-order valence-electron chi connectivity index (χ0n) is 26.1. The topological polar surface area (TPSA) is 38.7 Å². The Morgan fingerprint density at radius 1 is 0.639 bits per heavy atom. The summed E-state index contributed by atoms with van der Waals surface area (Å²) in [6.45, 7) is 20.4. The van der Waals surface area contributed by atoms with Crippen LogP contribution < -0.4 is 0 Å². The molecule has 0 aromatic carbocycles. The van der Waals surface area contributed by atoms with Crippen molar-refractivity contribution in [2.24, 2.45) is 29.6 Å². The standard InChI is InChI=1S/C33H68O3/c1-9-13-15-16-17-20-30(18-11-3)26-35-25-29(7)21-22-31(19-14-10-2)27-36-33(8,34)24-23-32(12-4)28(5)6/h28-32,34H,9-27H2,1-8H3. The van der Waals surface area contributed by atoms with Crippen molar-refractivity contribution >= 4 is 0 Å². The molecule has 3 heteroatoms. The van der Waals surface area contributed by atoms with Crippen LogP contribution in [0.15, 0.2) is 0 Å². The third kappa shape index (κ3) is 19.9. The zero-order chi connectivity index (χ0) is 27.2. The number of ether oxygens (including phenoxy) is 2. The molecule has 5 atom stereocenters. The van der Waals surface area contributed by atoms with Gasteiger partial charge < -0.3 is 14.6 Å². The largest absolute Gasteiger partial charge is 0.381 e. The van der Waals surface area contributed by atoms with Gasteiger partial charge >= 0.3 is 0 Å². The van der Waals surface area contributed by atoms with Gasteiger partial charge in [0.05, 0.1) is 6.61 Å². The fourth-order valence-electron chi connectivity index (χ4n) is 5.43. The van der Waals surface area contributed by atoms with Crippen LogP contribution >= 0.6 is 0 Å². The minimum absolute atomic E-state index is 0.530. The lowest BCUT2D eigenvalue weighted by Crippen LogP contribution is -2.32. The van der Waals surface area contributed by atoms with Crippen LogP contribution in [0.25, 0.3) is 0 Å². The summed E-state index contributed by atoms with van der Waals surface area (Å²) in [5.41, 5.74) is 0. The van der Waals surface area contributed by atoms with Crippen LogP contribution in [-0.2, 0) is 9.47 Å². The Hall–Kier alpha value is -0.120. The molecule has 0 aromatic heterocycles. The van der Waals surface area contributed by atoms with Crippen LogP contribution in [0.1, 0.15) is 158 Å². The average molecular weight is 513 g/mol. The first-order chi connectivity index (χ1) is 17.2. The van der Waals surface area contributed by atoms with Crippen molar-refractivity contribution in [2.45, 2.75) is 164 Å². The van der Waals surface area contributed by atoms with E-state index in [-0.39, 0.29) is 0 Å².